The molecule has 1 aliphatic rings. The Labute approximate surface area is 111 Å². The minimum atomic E-state index is -0.819. The molecule has 0 aromatic rings. The molecule has 0 saturated heterocycles. The van der Waals surface area contributed by atoms with Gasteiger partial charge in [0, 0.05) is 5.92 Å². The normalized spacial score (nSPS) is 44.0. The van der Waals surface area contributed by atoms with Crippen molar-refractivity contribution in [2.24, 2.45) is 23.7 Å². The molecule has 0 heterocycles. The Morgan fingerprint density at radius 1 is 0.944 bits per heavy atom. The summed E-state index contributed by atoms with van der Waals surface area (Å²) in [6, 6.07) is 0. The zero-order valence-electron chi connectivity index (χ0n) is 12.2. The van der Waals surface area contributed by atoms with Gasteiger partial charge in [0.2, 0.25) is 0 Å². The van der Waals surface area contributed by atoms with Crippen LogP contribution in [0.1, 0.15) is 53.4 Å². The van der Waals surface area contributed by atoms with Crippen LogP contribution in [0.5, 0.6) is 0 Å². The second-order valence-electron chi connectivity index (χ2n) is 6.62. The predicted molar refractivity (Wildman–Crippen MR) is 73.1 cm³/mol. The molecule has 0 amide bonds. The summed E-state index contributed by atoms with van der Waals surface area (Å²) in [4.78, 5) is 0. The van der Waals surface area contributed by atoms with Gasteiger partial charge < -0.3 is 15.3 Å². The summed E-state index contributed by atoms with van der Waals surface area (Å²) >= 11 is 0. The van der Waals surface area contributed by atoms with Crippen molar-refractivity contribution in [1.82, 2.24) is 0 Å². The van der Waals surface area contributed by atoms with Gasteiger partial charge in [0.1, 0.15) is 0 Å². The molecule has 6 atom stereocenters. The van der Waals surface area contributed by atoms with Crippen molar-refractivity contribution in [1.29, 1.82) is 0 Å². The molecular weight excluding hydrogens is 228 g/mol. The molecule has 1 aliphatic carbocycles. The largest absolute Gasteiger partial charge is 0.393 e. The summed E-state index contributed by atoms with van der Waals surface area (Å²) < 4.78 is 0. The average molecular weight is 258 g/mol. The topological polar surface area (TPSA) is 60.7 Å². The Hall–Kier alpha value is -0.120. The van der Waals surface area contributed by atoms with Crippen LogP contribution in [0.25, 0.3) is 0 Å². The van der Waals surface area contributed by atoms with E-state index in [4.69, 9.17) is 0 Å². The summed E-state index contributed by atoms with van der Waals surface area (Å²) in [5.74, 6) is 0.515. The molecule has 1 rings (SSSR count). The number of hydrogen-bond donors (Lipinski definition) is 3. The highest BCUT2D eigenvalue weighted by Crippen LogP contribution is 2.32. The zero-order valence-corrected chi connectivity index (χ0v) is 12.2. The lowest BCUT2D eigenvalue weighted by Crippen LogP contribution is -2.46. The smallest absolute Gasteiger partial charge is 0.0856 e. The third kappa shape index (κ3) is 3.94. The van der Waals surface area contributed by atoms with Crippen LogP contribution in [0.15, 0.2) is 0 Å². The van der Waals surface area contributed by atoms with E-state index >= 15 is 0 Å². The quantitative estimate of drug-likeness (QED) is 0.675. The highest BCUT2D eigenvalue weighted by Gasteiger charge is 2.37. The van der Waals surface area contributed by atoms with Crippen LogP contribution < -0.4 is 0 Å². The van der Waals surface area contributed by atoms with Gasteiger partial charge in [-0.3, -0.25) is 0 Å². The van der Waals surface area contributed by atoms with Gasteiger partial charge in [-0.25, -0.2) is 0 Å². The molecule has 1 saturated carbocycles. The minimum Gasteiger partial charge on any atom is -0.393 e. The van der Waals surface area contributed by atoms with E-state index in [2.05, 4.69) is 6.92 Å². The average Bonchev–Trinajstić information content (AvgIpc) is 2.25. The molecule has 0 aromatic carbocycles. The molecule has 3 nitrogen and oxygen atoms in total. The summed E-state index contributed by atoms with van der Waals surface area (Å²) in [6.45, 7) is 8.16. The van der Waals surface area contributed by atoms with Crippen LogP contribution in [0.4, 0.5) is 0 Å². The van der Waals surface area contributed by atoms with Gasteiger partial charge in [0.15, 0.2) is 0 Å². The Kier molecular flexibility index (Phi) is 6.09. The van der Waals surface area contributed by atoms with E-state index in [9.17, 15) is 15.3 Å². The maximum Gasteiger partial charge on any atom is 0.0856 e. The Bertz CT molecular complexity index is 242. The van der Waals surface area contributed by atoms with Crippen molar-refractivity contribution in [3.8, 4) is 0 Å². The van der Waals surface area contributed by atoms with Crippen molar-refractivity contribution in [2.45, 2.75) is 71.7 Å². The van der Waals surface area contributed by atoms with E-state index < -0.39 is 18.3 Å². The van der Waals surface area contributed by atoms with Gasteiger partial charge in [0.25, 0.3) is 0 Å². The van der Waals surface area contributed by atoms with Gasteiger partial charge in [-0.15, -0.1) is 0 Å². The van der Waals surface area contributed by atoms with Gasteiger partial charge in [-0.1, -0.05) is 40.5 Å². The van der Waals surface area contributed by atoms with E-state index in [0.29, 0.717) is 5.92 Å². The summed E-state index contributed by atoms with van der Waals surface area (Å²) in [5, 5.41) is 30.9. The van der Waals surface area contributed by atoms with E-state index in [1.807, 2.05) is 20.8 Å². The van der Waals surface area contributed by atoms with Crippen molar-refractivity contribution in [3.05, 3.63) is 0 Å². The first-order chi connectivity index (χ1) is 8.34. The van der Waals surface area contributed by atoms with Crippen LogP contribution in [0.3, 0.4) is 0 Å². The SMILES string of the molecule is CC1CCCC(C)C(O)C(O)C(C(C)C)C(O)C1. The molecule has 3 heteroatoms. The van der Waals surface area contributed by atoms with Crippen molar-refractivity contribution in [3.63, 3.8) is 0 Å². The zero-order chi connectivity index (χ0) is 13.9. The molecular formula is C15H30O3. The van der Waals surface area contributed by atoms with Gasteiger partial charge >= 0.3 is 0 Å². The van der Waals surface area contributed by atoms with Crippen LogP contribution in [0.2, 0.25) is 0 Å². The van der Waals surface area contributed by atoms with Crippen LogP contribution >= 0.6 is 0 Å². The van der Waals surface area contributed by atoms with Crippen molar-refractivity contribution in [2.75, 3.05) is 0 Å². The first kappa shape index (κ1) is 15.9. The van der Waals surface area contributed by atoms with Crippen LogP contribution in [-0.2, 0) is 0 Å². The Balaban J connectivity index is 2.87. The molecule has 0 aromatic heterocycles. The first-order valence-electron chi connectivity index (χ1n) is 7.38. The molecule has 18 heavy (non-hydrogen) atoms. The summed E-state index contributed by atoms with van der Waals surface area (Å²) in [7, 11) is 0. The first-order valence-corrected chi connectivity index (χ1v) is 7.38. The standard InChI is InChI=1S/C15H30O3/c1-9(2)13-12(16)8-10(3)6-5-7-11(4)14(17)15(13)18/h9-18H,5-8H2,1-4H3. The molecule has 1 fully saturated rings. The lowest BCUT2D eigenvalue weighted by molar-refractivity contribution is -0.0978. The molecule has 108 valence electrons. The lowest BCUT2D eigenvalue weighted by Gasteiger charge is -2.37. The fourth-order valence-corrected chi connectivity index (χ4v) is 3.28. The lowest BCUT2D eigenvalue weighted by atomic mass is 9.75. The number of hydrogen-bond acceptors (Lipinski definition) is 3. The second-order valence-corrected chi connectivity index (χ2v) is 6.62. The van der Waals surface area contributed by atoms with Gasteiger partial charge in [-0.2, -0.15) is 0 Å². The monoisotopic (exact) mass is 258 g/mol. The summed E-state index contributed by atoms with van der Waals surface area (Å²) in [6.07, 6.45) is 1.76. The fraction of sp³-hybridized carbons (Fsp3) is 1.00. The minimum absolute atomic E-state index is 0.0961. The maximum atomic E-state index is 10.3. The Morgan fingerprint density at radius 3 is 2.11 bits per heavy atom. The van der Waals surface area contributed by atoms with Gasteiger partial charge in [0.05, 0.1) is 18.3 Å². The molecule has 0 radical (unpaired) electrons. The molecule has 0 aliphatic heterocycles. The molecule has 0 spiro atoms. The summed E-state index contributed by atoms with van der Waals surface area (Å²) in [5.41, 5.74) is 0. The van der Waals surface area contributed by atoms with Crippen LogP contribution in [0, 0.1) is 23.7 Å². The fourth-order valence-electron chi connectivity index (χ4n) is 3.28. The third-order valence-electron chi connectivity index (χ3n) is 4.54. The van der Waals surface area contributed by atoms with E-state index in [1.54, 1.807) is 0 Å². The maximum absolute atomic E-state index is 10.3. The third-order valence-corrected chi connectivity index (χ3v) is 4.54. The number of rotatable bonds is 1. The van der Waals surface area contributed by atoms with E-state index in [0.717, 1.165) is 25.7 Å². The highest BCUT2D eigenvalue weighted by atomic mass is 16.3. The van der Waals surface area contributed by atoms with Crippen molar-refractivity contribution >= 4 is 0 Å². The Morgan fingerprint density at radius 2 is 1.56 bits per heavy atom. The predicted octanol–water partition coefficient (Wildman–Crippen LogP) is 2.19. The highest BCUT2D eigenvalue weighted by molar-refractivity contribution is 4.87. The number of aliphatic hydroxyl groups excluding tert-OH is 3. The molecule has 3 N–H and O–H groups in total. The number of aliphatic hydroxyl groups is 3. The molecule has 6 unspecified atom stereocenters. The second kappa shape index (κ2) is 6.88. The van der Waals surface area contributed by atoms with E-state index in [1.165, 1.54) is 0 Å². The molecule has 0 bridgehead atoms. The van der Waals surface area contributed by atoms with Crippen molar-refractivity contribution < 1.29 is 15.3 Å². The van der Waals surface area contributed by atoms with Gasteiger partial charge in [-0.05, 0) is 30.6 Å². The van der Waals surface area contributed by atoms with Crippen LogP contribution in [-0.4, -0.2) is 33.6 Å². The van der Waals surface area contributed by atoms with E-state index in [-0.39, 0.29) is 17.8 Å².